The van der Waals surface area contributed by atoms with E-state index in [1.165, 1.54) is 17.0 Å². The SMILES string of the molecule is COCCNC(=O)N(C)[C@H](C)c1cccc(S(N)(=O)=O)c1. The Morgan fingerprint density at radius 2 is 2.14 bits per heavy atom. The normalized spacial score (nSPS) is 12.8. The van der Waals surface area contributed by atoms with Crippen LogP contribution in [0, 0.1) is 0 Å². The zero-order valence-corrected chi connectivity index (χ0v) is 13.2. The van der Waals surface area contributed by atoms with E-state index < -0.39 is 10.0 Å². The van der Waals surface area contributed by atoms with E-state index in [0.29, 0.717) is 18.7 Å². The largest absolute Gasteiger partial charge is 0.383 e. The molecule has 0 heterocycles. The molecule has 1 aromatic carbocycles. The average molecular weight is 315 g/mol. The van der Waals surface area contributed by atoms with E-state index in [1.807, 2.05) is 0 Å². The summed E-state index contributed by atoms with van der Waals surface area (Å²) in [7, 11) is -0.570. The molecule has 21 heavy (non-hydrogen) atoms. The van der Waals surface area contributed by atoms with E-state index in [9.17, 15) is 13.2 Å². The number of rotatable bonds is 6. The Bertz CT molecular complexity index is 589. The summed E-state index contributed by atoms with van der Waals surface area (Å²) in [4.78, 5) is 13.4. The minimum Gasteiger partial charge on any atom is -0.383 e. The summed E-state index contributed by atoms with van der Waals surface area (Å²) in [6.07, 6.45) is 0. The van der Waals surface area contributed by atoms with Crippen LogP contribution in [0.15, 0.2) is 29.2 Å². The molecule has 0 unspecified atom stereocenters. The van der Waals surface area contributed by atoms with Crippen LogP contribution in [0.4, 0.5) is 4.79 Å². The number of sulfonamides is 1. The van der Waals surface area contributed by atoms with Crippen LogP contribution >= 0.6 is 0 Å². The molecule has 0 aliphatic carbocycles. The van der Waals surface area contributed by atoms with Gasteiger partial charge in [-0.2, -0.15) is 0 Å². The number of methoxy groups -OCH3 is 1. The lowest BCUT2D eigenvalue weighted by atomic mass is 10.1. The van der Waals surface area contributed by atoms with E-state index >= 15 is 0 Å². The van der Waals surface area contributed by atoms with Crippen molar-refractivity contribution in [1.82, 2.24) is 10.2 Å². The molecule has 2 amide bonds. The first kappa shape index (κ1) is 17.4. The van der Waals surface area contributed by atoms with Gasteiger partial charge in [0, 0.05) is 20.7 Å². The molecule has 3 N–H and O–H groups in total. The maximum atomic E-state index is 11.9. The van der Waals surface area contributed by atoms with Gasteiger partial charge < -0.3 is 15.0 Å². The third kappa shape index (κ3) is 5.00. The average Bonchev–Trinajstić information content (AvgIpc) is 2.45. The Morgan fingerprint density at radius 3 is 2.71 bits per heavy atom. The molecule has 0 fully saturated rings. The van der Waals surface area contributed by atoms with Gasteiger partial charge in [-0.1, -0.05) is 12.1 Å². The Morgan fingerprint density at radius 1 is 1.48 bits per heavy atom. The summed E-state index contributed by atoms with van der Waals surface area (Å²) in [6.45, 7) is 2.64. The summed E-state index contributed by atoms with van der Waals surface area (Å²) >= 11 is 0. The fourth-order valence-electron chi connectivity index (χ4n) is 1.74. The lowest BCUT2D eigenvalue weighted by Gasteiger charge is -2.25. The number of nitrogens with one attached hydrogen (secondary N) is 1. The number of nitrogens with two attached hydrogens (primary N) is 1. The molecule has 0 aliphatic heterocycles. The molecule has 7 nitrogen and oxygen atoms in total. The Kier molecular flexibility index (Phi) is 6.13. The van der Waals surface area contributed by atoms with Crippen LogP contribution in [-0.2, 0) is 14.8 Å². The number of amides is 2. The molecule has 0 aromatic heterocycles. The molecule has 1 atom stereocenters. The molecule has 0 spiro atoms. The van der Waals surface area contributed by atoms with Gasteiger partial charge in [0.15, 0.2) is 0 Å². The molecular weight excluding hydrogens is 294 g/mol. The second-order valence-corrected chi connectivity index (χ2v) is 6.19. The van der Waals surface area contributed by atoms with Crippen molar-refractivity contribution < 1.29 is 17.9 Å². The monoisotopic (exact) mass is 315 g/mol. The first-order valence-electron chi connectivity index (χ1n) is 6.39. The van der Waals surface area contributed by atoms with Crippen LogP contribution in [0.3, 0.4) is 0 Å². The second kappa shape index (κ2) is 7.39. The van der Waals surface area contributed by atoms with Crippen LogP contribution < -0.4 is 10.5 Å². The minimum atomic E-state index is -3.76. The van der Waals surface area contributed by atoms with Crippen molar-refractivity contribution in [2.45, 2.75) is 17.9 Å². The lowest BCUT2D eigenvalue weighted by Crippen LogP contribution is -2.40. The molecule has 0 saturated carbocycles. The molecule has 0 bridgehead atoms. The number of hydrogen-bond donors (Lipinski definition) is 2. The van der Waals surface area contributed by atoms with Gasteiger partial charge in [0.2, 0.25) is 10.0 Å². The van der Waals surface area contributed by atoms with Gasteiger partial charge in [0.05, 0.1) is 17.5 Å². The predicted molar refractivity (Wildman–Crippen MR) is 79.3 cm³/mol. The number of benzene rings is 1. The van der Waals surface area contributed by atoms with Gasteiger partial charge in [-0.3, -0.25) is 0 Å². The molecular formula is C13H21N3O4S. The molecule has 0 saturated heterocycles. The van der Waals surface area contributed by atoms with Crippen LogP contribution in [0.1, 0.15) is 18.5 Å². The lowest BCUT2D eigenvalue weighted by molar-refractivity contribution is 0.177. The van der Waals surface area contributed by atoms with Crippen molar-refractivity contribution in [2.75, 3.05) is 27.3 Å². The van der Waals surface area contributed by atoms with E-state index in [2.05, 4.69) is 5.32 Å². The Balaban J connectivity index is 2.83. The maximum absolute atomic E-state index is 11.9. The van der Waals surface area contributed by atoms with Crippen molar-refractivity contribution in [2.24, 2.45) is 5.14 Å². The van der Waals surface area contributed by atoms with Crippen molar-refractivity contribution in [3.05, 3.63) is 29.8 Å². The third-order valence-corrected chi connectivity index (χ3v) is 4.06. The predicted octanol–water partition coefficient (Wildman–Crippen LogP) is 0.683. The number of urea groups is 1. The summed E-state index contributed by atoms with van der Waals surface area (Å²) in [6, 6.07) is 5.68. The minimum absolute atomic E-state index is 0.0278. The molecule has 8 heteroatoms. The fourth-order valence-corrected chi connectivity index (χ4v) is 2.30. The van der Waals surface area contributed by atoms with Crippen molar-refractivity contribution in [1.29, 1.82) is 0 Å². The molecule has 0 aliphatic rings. The molecule has 0 radical (unpaired) electrons. The Hall–Kier alpha value is -1.64. The number of ether oxygens (including phenoxy) is 1. The van der Waals surface area contributed by atoms with Crippen LogP contribution in [0.2, 0.25) is 0 Å². The quantitative estimate of drug-likeness (QED) is 0.754. The van der Waals surface area contributed by atoms with Gasteiger partial charge in [0.1, 0.15) is 0 Å². The van der Waals surface area contributed by atoms with Crippen molar-refractivity contribution in [3.63, 3.8) is 0 Å². The number of primary sulfonamides is 1. The highest BCUT2D eigenvalue weighted by molar-refractivity contribution is 7.89. The second-order valence-electron chi connectivity index (χ2n) is 4.63. The highest BCUT2D eigenvalue weighted by atomic mass is 32.2. The number of carbonyl (C=O) groups is 1. The van der Waals surface area contributed by atoms with Crippen molar-refractivity contribution >= 4 is 16.1 Å². The third-order valence-electron chi connectivity index (χ3n) is 3.15. The summed E-state index contributed by atoms with van der Waals surface area (Å²) in [5.41, 5.74) is 0.686. The maximum Gasteiger partial charge on any atom is 0.317 e. The van der Waals surface area contributed by atoms with Crippen molar-refractivity contribution in [3.8, 4) is 0 Å². The standard InChI is InChI=1S/C13H21N3O4S/c1-10(16(2)13(17)15-7-8-20-3)11-5-4-6-12(9-11)21(14,18)19/h4-6,9-10H,7-8H2,1-3H3,(H,15,17)(H2,14,18,19)/t10-/m1/s1. The Labute approximate surface area is 125 Å². The van der Waals surface area contributed by atoms with E-state index in [0.717, 1.165) is 0 Å². The highest BCUT2D eigenvalue weighted by Crippen LogP contribution is 2.21. The van der Waals surface area contributed by atoms with Gasteiger partial charge in [0.25, 0.3) is 0 Å². The van der Waals surface area contributed by atoms with E-state index in [4.69, 9.17) is 9.88 Å². The van der Waals surface area contributed by atoms with Gasteiger partial charge in [-0.25, -0.2) is 18.4 Å². The van der Waals surface area contributed by atoms with Gasteiger partial charge >= 0.3 is 6.03 Å². The summed E-state index contributed by atoms with van der Waals surface area (Å²) in [5, 5.41) is 7.81. The highest BCUT2D eigenvalue weighted by Gasteiger charge is 2.18. The fraction of sp³-hybridized carbons (Fsp3) is 0.462. The number of carbonyl (C=O) groups excluding carboxylic acids is 1. The van der Waals surface area contributed by atoms with Gasteiger partial charge in [-0.05, 0) is 24.6 Å². The topological polar surface area (TPSA) is 102 Å². The number of nitrogens with zero attached hydrogens (tertiary/aromatic N) is 1. The van der Waals surface area contributed by atoms with E-state index in [-0.39, 0.29) is 17.0 Å². The van der Waals surface area contributed by atoms with Crippen LogP contribution in [-0.4, -0.2) is 46.7 Å². The smallest absolute Gasteiger partial charge is 0.317 e. The first-order valence-corrected chi connectivity index (χ1v) is 7.94. The molecule has 118 valence electrons. The summed E-state index contributed by atoms with van der Waals surface area (Å²) in [5.74, 6) is 0. The molecule has 1 aromatic rings. The first-order chi connectivity index (χ1) is 9.77. The van der Waals surface area contributed by atoms with Crippen LogP contribution in [0.25, 0.3) is 0 Å². The van der Waals surface area contributed by atoms with Gasteiger partial charge in [-0.15, -0.1) is 0 Å². The summed E-state index contributed by atoms with van der Waals surface area (Å²) < 4.78 is 27.6. The molecule has 1 rings (SSSR count). The number of hydrogen-bond acceptors (Lipinski definition) is 4. The van der Waals surface area contributed by atoms with Crippen LogP contribution in [0.5, 0.6) is 0 Å². The zero-order valence-electron chi connectivity index (χ0n) is 12.4. The van der Waals surface area contributed by atoms with E-state index in [1.54, 1.807) is 33.2 Å². The zero-order chi connectivity index (χ0) is 16.0.